The number of phenolic OH excluding ortho intramolecular Hbond substituents is 6. The zero-order valence-corrected chi connectivity index (χ0v) is 87.0. The molecule has 0 radical (unpaired) electrons. The second kappa shape index (κ2) is 67.7. The highest BCUT2D eigenvalue weighted by Gasteiger charge is 2.35. The van der Waals surface area contributed by atoms with Crippen LogP contribution in [0.25, 0.3) is 9.40 Å². The summed E-state index contributed by atoms with van der Waals surface area (Å²) in [7, 11) is 0. The number of ketones is 3. The normalized spacial score (nSPS) is 20.2. The Morgan fingerprint density at radius 3 is 1.21 bits per heavy atom. The van der Waals surface area contributed by atoms with Gasteiger partial charge in [-0.05, 0) is 244 Å². The van der Waals surface area contributed by atoms with E-state index in [2.05, 4.69) is 45.7 Å². The molecule has 9 N–H and O–H groups in total. The van der Waals surface area contributed by atoms with Crippen LogP contribution in [-0.4, -0.2) is 144 Å². The first-order valence-electron chi connectivity index (χ1n) is 46.7. The summed E-state index contributed by atoms with van der Waals surface area (Å²) in [5.74, 6) is 5.51. The number of carbonyl (C=O) groups excluding carboxylic acids is 4. The average molecular weight is 2060 g/mol. The van der Waals surface area contributed by atoms with Crippen molar-refractivity contribution < 1.29 is 73.0 Å². The number of carbonyl (C=O) groups is 5. The highest BCUT2D eigenvalue weighted by Crippen LogP contribution is 2.59. The number of fused-ring (bicyclic) bond motifs is 3. The molecule has 4 aromatic carbocycles. The number of carboxylic acid groups (broad SMARTS) is 2. The third-order valence-electron chi connectivity index (χ3n) is 25.0. The van der Waals surface area contributed by atoms with Crippen LogP contribution in [-0.2, 0) is 36.6 Å². The van der Waals surface area contributed by atoms with Gasteiger partial charge in [0, 0.05) is 73.5 Å². The van der Waals surface area contributed by atoms with Gasteiger partial charge in [0.2, 0.25) is 0 Å². The first kappa shape index (κ1) is 123. The molecule has 23 nitrogen and oxygen atoms in total. The molecule has 0 unspecified atom stereocenters. The molecule has 0 bridgehead atoms. The number of thiocarbonyl (C=S) groups is 2. The predicted octanol–water partition coefficient (Wildman–Crippen LogP) is 21.4. The van der Waals surface area contributed by atoms with E-state index in [4.69, 9.17) is 83.6 Å². The maximum absolute atomic E-state index is 11.4. The van der Waals surface area contributed by atoms with E-state index in [0.29, 0.717) is 34.9 Å². The van der Waals surface area contributed by atoms with Gasteiger partial charge in [-0.25, -0.2) is 4.58 Å². The summed E-state index contributed by atoms with van der Waals surface area (Å²) in [6.07, 6.45) is 47.4. The number of Topliss-reactive ketones (excluding diaryl/α,β-unsaturated/α-hetero) is 1. The molecular weight excluding hydrogens is 1920 g/mol. The van der Waals surface area contributed by atoms with E-state index in [9.17, 15) is 49.8 Å². The lowest BCUT2D eigenvalue weighted by Crippen LogP contribution is -2.80. The highest BCUT2D eigenvalue weighted by molar-refractivity contribution is 8.25. The van der Waals surface area contributed by atoms with Crippen LogP contribution in [0, 0.1) is 137 Å². The van der Waals surface area contributed by atoms with Crippen LogP contribution in [0.1, 0.15) is 261 Å². The van der Waals surface area contributed by atoms with Crippen molar-refractivity contribution >= 4 is 174 Å². The van der Waals surface area contributed by atoms with Crippen LogP contribution in [0.3, 0.4) is 0 Å². The molecule has 0 atom stereocenters. The minimum Gasteiger partial charge on any atom is -1.00 e. The molecule has 34 heteroatoms. The first-order chi connectivity index (χ1) is 64.4. The number of allylic oxidation sites excluding steroid dienone is 6. The number of aliphatic carboxylic acids is 2. The number of phenols is 6. The second-order valence-electron chi connectivity index (χ2n) is 34.7. The topological polar surface area (TPSA) is 419 Å². The molecule has 750 valence electrons. The number of aryl methyl sites for hydroxylation is 2. The minimum absolute atomic E-state index is 0. The number of nitrogens with two attached hydrogens (primary N) is 1. The molecule has 0 amide bonds. The van der Waals surface area contributed by atoms with Gasteiger partial charge >= 0.3 is 9.95 Å². The van der Waals surface area contributed by atoms with E-state index >= 15 is 0 Å². The van der Waals surface area contributed by atoms with E-state index in [0.717, 1.165) is 136 Å². The smallest absolute Gasteiger partial charge is 0.315 e. The van der Waals surface area contributed by atoms with E-state index < -0.39 is 11.9 Å². The van der Waals surface area contributed by atoms with Gasteiger partial charge in [0.25, 0.3) is 0 Å². The minimum atomic E-state index is -1.08. The molecule has 11 aliphatic rings. The van der Waals surface area contributed by atoms with Crippen molar-refractivity contribution in [2.24, 2.45) is 47.3 Å². The fraction of sp³-hybridized carbons (Fsp3) is 0.544. The van der Waals surface area contributed by atoms with Gasteiger partial charge in [-0.3, -0.25) is 19.2 Å². The van der Waals surface area contributed by atoms with E-state index in [-0.39, 0.29) is 95.7 Å². The third-order valence-corrected chi connectivity index (χ3v) is 35.2. The summed E-state index contributed by atoms with van der Waals surface area (Å²) in [5, 5.41) is 128. The van der Waals surface area contributed by atoms with E-state index in [1.807, 2.05) is 26.0 Å². The van der Waals surface area contributed by atoms with Gasteiger partial charge in [-0.15, -0.1) is 0 Å². The molecular formula is C103H143BN10O13S10-4. The molecule has 16 rings (SSSR count). The van der Waals surface area contributed by atoms with Crippen LogP contribution in [0.4, 0.5) is 0 Å². The number of carboxylic acids is 2. The zero-order chi connectivity index (χ0) is 98.0. The average Bonchev–Trinajstić information content (AvgIpc) is 1.65. The van der Waals surface area contributed by atoms with Crippen molar-refractivity contribution in [2.45, 2.75) is 285 Å². The Labute approximate surface area is 863 Å². The Morgan fingerprint density at radius 2 is 0.883 bits per heavy atom. The molecule has 137 heavy (non-hydrogen) atoms. The van der Waals surface area contributed by atoms with Gasteiger partial charge in [0.05, 0.1) is 63.7 Å². The summed E-state index contributed by atoms with van der Waals surface area (Å²) in [4.78, 5) is 60.1. The lowest BCUT2D eigenvalue weighted by Gasteiger charge is -2.37. The summed E-state index contributed by atoms with van der Waals surface area (Å²) in [6.45, 7) is 20.5. The second-order valence-corrected chi connectivity index (χ2v) is 44.2. The number of unbranched alkanes of at least 4 members (excludes halogenated alkanes) is 4. The molecule has 7 heterocycles. The van der Waals surface area contributed by atoms with Crippen molar-refractivity contribution in [1.29, 1.82) is 31.6 Å². The Balaban J connectivity index is 0.000000782. The number of hydrogen-bond donors (Lipinski definition) is 8. The summed E-state index contributed by atoms with van der Waals surface area (Å²) in [5.41, 5.74) is 2.60. The Kier molecular flexibility index (Phi) is 60.6. The Bertz CT molecular complexity index is 4840. The molecule has 0 spiro atoms. The summed E-state index contributed by atoms with van der Waals surface area (Å²) < 4.78 is 7.80. The van der Waals surface area contributed by atoms with E-state index in [1.54, 1.807) is 66.0 Å². The lowest BCUT2D eigenvalue weighted by molar-refractivity contribution is -0.635. The number of thioether (sulfide) groups is 5. The first-order valence-corrected chi connectivity index (χ1v) is 53.7. The van der Waals surface area contributed by atoms with E-state index in [1.165, 1.54) is 321 Å². The predicted molar refractivity (Wildman–Crippen MR) is 573 cm³/mol. The number of benzene rings is 4. The largest absolute Gasteiger partial charge is 1.00 e. The van der Waals surface area contributed by atoms with Crippen molar-refractivity contribution in [3.8, 4) is 70.9 Å². The zero-order valence-electron chi connectivity index (χ0n) is 80.9. The van der Waals surface area contributed by atoms with Gasteiger partial charge in [-0.1, -0.05) is 217 Å². The maximum atomic E-state index is 11.4. The quantitative estimate of drug-likeness (QED) is 0.00518. The Hall–Kier alpha value is -8.59. The van der Waals surface area contributed by atoms with Gasteiger partial charge < -0.3 is 95.9 Å². The monoisotopic (exact) mass is 2060 g/mol. The number of rotatable bonds is 13. The molecule has 6 aliphatic heterocycles. The number of nitrogens with zero attached hydrogens (tertiary/aromatic N) is 9. The number of quaternary nitrogens is 1. The number of nitriles is 6. The molecule has 4 saturated carbocycles. The standard InChI is InChI=1S/C19H34O.C18H32O2.C12H8N2S2.C11H11NO2S2.C11H13NO2S2.C10H4N2O2S2.C6H4O2.C5H9NS2.C4H9N.C3H2N2.C2H4O2.CH4.CH3.BH4.2H/c1-3-4-5-6-16-7-9-18(10-8-16)19-13-11-17(12-14-19)15(2)20;1-2-3-4-5-14-6-8-15(9-7-14)16-10-12-17(13-11-16)18(19)20;1-7-3-4-8(2)11-10(7)15-12(16-11)9(5-13)6-14;13-7-3-4-8(14)10-9(7)15-11(16-10)12-5-1-2-6-12;13-8-3-4-9(14)10(7-8)16-11(15)12-5-1-2-6-12;11-3-5(4-12)10-15-8-6(13)1-2-7(14)9(8)16-10;7-5-1-2-6(8)4-3-5;7-5(8)6-3-1-2-4-6;1-2-4-5-3-1;4-2-1-3-5;1-2(3)4;;;;;/h16-19H,3-14H2,1-2H3;14-17H,2-13H2,1H3,(H,19,20);3-4H,1-2H3;3-4H,1-2,5-6H2,(H-,13,14);3-4,7,13-14H,1-2,5-6H2;1-2,13-14H;1-4H;1-4H2,(H,7,8);5H,1-4H2;1H2;1H3,(H,3,4);1H4;1H3;1H4;;/q;;;;;;;;;;;;4*-1/i;;;;;;;;;;;;;;2*1+1. The summed E-state index contributed by atoms with van der Waals surface area (Å²) >= 11 is 24.7. The van der Waals surface area contributed by atoms with Crippen molar-refractivity contribution in [1.82, 2.24) is 14.4 Å². The molecule has 1 aromatic heterocycles. The highest BCUT2D eigenvalue weighted by atomic mass is 32.2. The molecule has 5 aromatic rings. The number of aromatic hydroxyl groups is 6. The van der Waals surface area contributed by atoms with Crippen molar-refractivity contribution in [3.63, 3.8) is 0 Å². The molecule has 8 fully saturated rings. The van der Waals surface area contributed by atoms with Crippen molar-refractivity contribution in [2.75, 3.05) is 52.4 Å². The lowest BCUT2D eigenvalue weighted by atomic mass is 9.68. The molecule has 4 saturated heterocycles. The SMILES string of the molecule is C.C1CC[NH2+]C1.CC(=O)[O-].CCCCCC1CCC(C2CCC(C(=O)O)CC2)CC1.CCCCCC1CCC(C2CCC(C(C)=O)CC2)CC1.Cc1ccc(C)c2c1SC(=C(C#N)C#N)S2.N#CC(C#N)=C1Sc2c(O)ccc(O)c2S1.N#CCC#N.O=C1C=CC(=O)C=C1.Oc1ccc(O)c(SC(=S)N2CCCC2)c1.Oc1ccc(O)c2sc(=[N+]3CCCC3)sc12.S=C([S-])N1CCCC1.[2H-].[2H-].[BH4-].[CH3-]. The van der Waals surface area contributed by atoms with Crippen LogP contribution < -0.4 is 19.0 Å². The fourth-order valence-corrected chi connectivity index (χ4v) is 26.8. The van der Waals surface area contributed by atoms with Gasteiger partial charge in [0.1, 0.15) is 99.5 Å². The van der Waals surface area contributed by atoms with Crippen LogP contribution in [0.2, 0.25) is 0 Å². The third kappa shape index (κ3) is 43.2. The molecule has 5 aliphatic carbocycles. The van der Waals surface area contributed by atoms with Gasteiger partial charge in [-0.2, -0.15) is 31.6 Å². The summed E-state index contributed by atoms with van der Waals surface area (Å²) in [6, 6.07) is 25.2. The number of hydrogen-bond acceptors (Lipinski definition) is 28. The van der Waals surface area contributed by atoms with Crippen LogP contribution >= 0.6 is 106 Å². The maximum Gasteiger partial charge on any atom is 0.315 e. The van der Waals surface area contributed by atoms with Crippen LogP contribution in [0.5, 0.6) is 34.5 Å². The van der Waals surface area contributed by atoms with Gasteiger partial charge in [0.15, 0.2) is 11.6 Å². The van der Waals surface area contributed by atoms with Crippen molar-refractivity contribution in [3.05, 3.63) is 121 Å². The number of likely N-dealkylation sites (tertiary alicyclic amines) is 2. The Morgan fingerprint density at radius 1 is 0.526 bits per heavy atom. The van der Waals surface area contributed by atoms with Crippen LogP contribution in [0.15, 0.2) is 123 Å². The fourth-order valence-electron chi connectivity index (χ4n) is 17.4.